The molecule has 1 saturated heterocycles. The Hall–Kier alpha value is -1.71. The van der Waals surface area contributed by atoms with E-state index in [2.05, 4.69) is 15.0 Å². The van der Waals surface area contributed by atoms with Crippen LogP contribution in [0.1, 0.15) is 16.9 Å². The van der Waals surface area contributed by atoms with Gasteiger partial charge in [0, 0.05) is 39.4 Å². The molecule has 0 atom stereocenters. The standard InChI is InChI=1S/C19H22ClN5O2S.ClH/c1-23-9-6-15(22-23)18(26)25(8-3-7-24-10-12-27-13-11-24)19-21-17-14(20)4-2-5-16(17)28-19;/h2,4-6,9H,3,7-8,10-13H2,1H3;1H. The van der Waals surface area contributed by atoms with Gasteiger partial charge in [-0.05, 0) is 24.6 Å². The molecule has 3 aromatic rings. The third-order valence-electron chi connectivity index (χ3n) is 4.73. The highest BCUT2D eigenvalue weighted by Crippen LogP contribution is 2.33. The number of ether oxygens (including phenoxy) is 1. The normalized spacial score (nSPS) is 14.7. The van der Waals surface area contributed by atoms with Gasteiger partial charge in [-0.3, -0.25) is 19.3 Å². The van der Waals surface area contributed by atoms with Crippen LogP contribution in [0.4, 0.5) is 5.13 Å². The Morgan fingerprint density at radius 1 is 1.31 bits per heavy atom. The van der Waals surface area contributed by atoms with Crippen LogP contribution in [0.5, 0.6) is 0 Å². The van der Waals surface area contributed by atoms with Gasteiger partial charge in [-0.15, -0.1) is 12.4 Å². The van der Waals surface area contributed by atoms with Crippen LogP contribution in [0.3, 0.4) is 0 Å². The summed E-state index contributed by atoms with van der Waals surface area (Å²) in [6, 6.07) is 7.42. The number of fused-ring (bicyclic) bond motifs is 1. The number of hydrogen-bond acceptors (Lipinski definition) is 6. The van der Waals surface area contributed by atoms with Crippen molar-refractivity contribution in [3.05, 3.63) is 41.2 Å². The van der Waals surface area contributed by atoms with Crippen LogP contribution in [-0.2, 0) is 11.8 Å². The van der Waals surface area contributed by atoms with E-state index >= 15 is 0 Å². The number of para-hydroxylation sites is 1. The van der Waals surface area contributed by atoms with Gasteiger partial charge in [-0.1, -0.05) is 29.0 Å². The molecule has 10 heteroatoms. The third-order valence-corrected chi connectivity index (χ3v) is 6.08. The minimum Gasteiger partial charge on any atom is -0.379 e. The van der Waals surface area contributed by atoms with Gasteiger partial charge in [0.25, 0.3) is 5.91 Å². The average molecular weight is 456 g/mol. The first-order valence-electron chi connectivity index (χ1n) is 9.28. The van der Waals surface area contributed by atoms with Crippen LogP contribution in [-0.4, -0.2) is 65.0 Å². The predicted octanol–water partition coefficient (Wildman–Crippen LogP) is 3.47. The summed E-state index contributed by atoms with van der Waals surface area (Å²) in [7, 11) is 1.80. The smallest absolute Gasteiger partial charge is 0.280 e. The number of aromatic nitrogens is 3. The number of amides is 1. The van der Waals surface area contributed by atoms with E-state index in [0.29, 0.717) is 22.4 Å². The maximum atomic E-state index is 13.2. The number of thiazole rings is 1. The molecule has 0 radical (unpaired) electrons. The lowest BCUT2D eigenvalue weighted by atomic mass is 10.3. The Bertz CT molecular complexity index is 971. The first-order chi connectivity index (χ1) is 13.6. The number of rotatable bonds is 6. The van der Waals surface area contributed by atoms with Gasteiger partial charge in [-0.25, -0.2) is 4.98 Å². The van der Waals surface area contributed by atoms with Crippen molar-refractivity contribution in [2.75, 3.05) is 44.3 Å². The summed E-state index contributed by atoms with van der Waals surface area (Å²) in [6.07, 6.45) is 2.62. The van der Waals surface area contributed by atoms with Crippen LogP contribution < -0.4 is 4.90 Å². The second kappa shape index (κ2) is 9.86. The van der Waals surface area contributed by atoms with Gasteiger partial charge in [0.1, 0.15) is 5.52 Å². The van der Waals surface area contributed by atoms with Crippen molar-refractivity contribution in [2.45, 2.75) is 6.42 Å². The first kappa shape index (κ1) is 22.0. The zero-order chi connectivity index (χ0) is 19.5. The second-order valence-electron chi connectivity index (χ2n) is 6.72. The highest BCUT2D eigenvalue weighted by molar-refractivity contribution is 7.22. The second-order valence-corrected chi connectivity index (χ2v) is 8.14. The van der Waals surface area contributed by atoms with E-state index in [-0.39, 0.29) is 18.3 Å². The third kappa shape index (κ3) is 5.07. The van der Waals surface area contributed by atoms with Crippen LogP contribution >= 0.6 is 35.3 Å². The summed E-state index contributed by atoms with van der Waals surface area (Å²) in [4.78, 5) is 21.9. The summed E-state index contributed by atoms with van der Waals surface area (Å²) >= 11 is 7.76. The van der Waals surface area contributed by atoms with Crippen molar-refractivity contribution in [1.29, 1.82) is 0 Å². The topological polar surface area (TPSA) is 63.5 Å². The molecule has 0 bridgehead atoms. The fourth-order valence-electron chi connectivity index (χ4n) is 3.25. The number of anilines is 1. The van der Waals surface area contributed by atoms with Gasteiger partial charge < -0.3 is 4.74 Å². The number of nitrogens with zero attached hydrogens (tertiary/aromatic N) is 5. The van der Waals surface area contributed by atoms with Crippen molar-refractivity contribution in [1.82, 2.24) is 19.7 Å². The van der Waals surface area contributed by atoms with E-state index < -0.39 is 0 Å². The molecule has 0 saturated carbocycles. The number of morpholine rings is 1. The largest absolute Gasteiger partial charge is 0.379 e. The quantitative estimate of drug-likeness (QED) is 0.569. The Morgan fingerprint density at radius 2 is 2.10 bits per heavy atom. The fourth-order valence-corrected chi connectivity index (χ4v) is 4.54. The molecule has 156 valence electrons. The van der Waals surface area contributed by atoms with Crippen LogP contribution in [0.15, 0.2) is 30.5 Å². The van der Waals surface area contributed by atoms with E-state index in [1.807, 2.05) is 18.2 Å². The van der Waals surface area contributed by atoms with E-state index in [1.54, 1.807) is 28.9 Å². The Balaban J connectivity index is 0.00000240. The zero-order valence-electron chi connectivity index (χ0n) is 16.1. The van der Waals surface area contributed by atoms with Crippen LogP contribution in [0.25, 0.3) is 10.2 Å². The lowest BCUT2D eigenvalue weighted by Gasteiger charge is -2.27. The molecular weight excluding hydrogens is 433 g/mol. The molecule has 0 aliphatic carbocycles. The highest BCUT2D eigenvalue weighted by Gasteiger charge is 2.24. The summed E-state index contributed by atoms with van der Waals surface area (Å²) in [6.45, 7) is 4.90. The fraction of sp³-hybridized carbons (Fsp3) is 0.421. The molecule has 4 rings (SSSR count). The SMILES string of the molecule is Cl.Cn1ccc(C(=O)N(CCCN2CCOCC2)c2nc3c(Cl)cccc3s2)n1. The van der Waals surface area contributed by atoms with E-state index in [1.165, 1.54) is 11.3 Å². The van der Waals surface area contributed by atoms with Crippen molar-refractivity contribution < 1.29 is 9.53 Å². The summed E-state index contributed by atoms with van der Waals surface area (Å²) in [5.74, 6) is -0.141. The van der Waals surface area contributed by atoms with E-state index in [9.17, 15) is 4.79 Å². The number of carbonyl (C=O) groups is 1. The minimum atomic E-state index is -0.141. The molecule has 2 aromatic heterocycles. The van der Waals surface area contributed by atoms with Crippen molar-refractivity contribution in [2.24, 2.45) is 7.05 Å². The number of halogens is 2. The Labute approximate surface area is 184 Å². The van der Waals surface area contributed by atoms with Crippen molar-refractivity contribution >= 4 is 56.6 Å². The van der Waals surface area contributed by atoms with Gasteiger partial charge >= 0.3 is 0 Å². The molecule has 3 heterocycles. The zero-order valence-corrected chi connectivity index (χ0v) is 18.5. The van der Waals surface area contributed by atoms with E-state index in [4.69, 9.17) is 16.3 Å². The maximum Gasteiger partial charge on any atom is 0.280 e. The Kier molecular flexibility index (Phi) is 7.48. The molecule has 1 amide bonds. The van der Waals surface area contributed by atoms with Crippen molar-refractivity contribution in [3.8, 4) is 0 Å². The molecule has 0 N–H and O–H groups in total. The number of carbonyl (C=O) groups excluding carboxylic acids is 1. The predicted molar refractivity (Wildman–Crippen MR) is 119 cm³/mol. The monoisotopic (exact) mass is 455 g/mol. The molecule has 0 unspecified atom stereocenters. The minimum absolute atomic E-state index is 0. The van der Waals surface area contributed by atoms with Gasteiger partial charge in [0.15, 0.2) is 10.8 Å². The molecule has 0 spiro atoms. The molecular formula is C19H23Cl2N5O2S. The molecule has 7 nitrogen and oxygen atoms in total. The molecule has 1 aliphatic heterocycles. The first-order valence-corrected chi connectivity index (χ1v) is 10.5. The van der Waals surface area contributed by atoms with Crippen LogP contribution in [0, 0.1) is 0 Å². The number of aryl methyl sites for hydroxylation is 1. The van der Waals surface area contributed by atoms with E-state index in [0.717, 1.165) is 49.5 Å². The maximum absolute atomic E-state index is 13.2. The van der Waals surface area contributed by atoms with Gasteiger partial charge in [-0.2, -0.15) is 5.10 Å². The summed E-state index contributed by atoms with van der Waals surface area (Å²) in [5.41, 5.74) is 1.15. The molecule has 1 aromatic carbocycles. The molecule has 1 fully saturated rings. The number of benzene rings is 1. The van der Waals surface area contributed by atoms with Crippen LogP contribution in [0.2, 0.25) is 5.02 Å². The summed E-state index contributed by atoms with van der Waals surface area (Å²) in [5, 5.41) is 5.53. The van der Waals surface area contributed by atoms with Gasteiger partial charge in [0.2, 0.25) is 0 Å². The molecule has 29 heavy (non-hydrogen) atoms. The lowest BCUT2D eigenvalue weighted by Crippen LogP contribution is -2.39. The molecule has 1 aliphatic rings. The average Bonchev–Trinajstić information content (AvgIpc) is 3.33. The lowest BCUT2D eigenvalue weighted by molar-refractivity contribution is 0.0376. The Morgan fingerprint density at radius 3 is 2.79 bits per heavy atom. The van der Waals surface area contributed by atoms with Crippen molar-refractivity contribution in [3.63, 3.8) is 0 Å². The highest BCUT2D eigenvalue weighted by atomic mass is 35.5. The summed E-state index contributed by atoms with van der Waals surface area (Å²) < 4.78 is 8.00. The number of hydrogen-bond donors (Lipinski definition) is 0. The van der Waals surface area contributed by atoms with Gasteiger partial charge in [0.05, 0.1) is 22.9 Å².